The molecular weight excluding hydrogens is 503 g/mol. The number of carboxylic acid groups (broad SMARTS) is 1. The van der Waals surface area contributed by atoms with E-state index in [1.807, 2.05) is 30.3 Å². The highest BCUT2D eigenvalue weighted by Crippen LogP contribution is 2.40. The largest absolute Gasteiger partial charge is 1.00 e. The summed E-state index contributed by atoms with van der Waals surface area (Å²) in [6.07, 6.45) is 3.62. The number of carbonyl (C=O) groups excluding carboxylic acids is 1. The molecule has 5 nitrogen and oxygen atoms in total. The second kappa shape index (κ2) is 10.9. The minimum absolute atomic E-state index is 0. The lowest BCUT2D eigenvalue weighted by molar-refractivity contribution is -0.428. The Morgan fingerprint density at radius 2 is 1.73 bits per heavy atom. The molecule has 0 spiro atoms. The first kappa shape index (κ1) is 25.5. The molecule has 2 atom stereocenters. The van der Waals surface area contributed by atoms with E-state index in [2.05, 4.69) is 5.73 Å². The average Bonchev–Trinajstić information content (AvgIpc) is 3.21. The predicted octanol–water partition coefficient (Wildman–Crippen LogP) is 2.62. The summed E-state index contributed by atoms with van der Waals surface area (Å²) in [5.74, 6) is -1.41. The smallest absolute Gasteiger partial charge is 0.348 e. The summed E-state index contributed by atoms with van der Waals surface area (Å²) >= 11 is 13.6. The van der Waals surface area contributed by atoms with Gasteiger partial charge in [0, 0.05) is 16.3 Å². The van der Waals surface area contributed by atoms with Crippen LogP contribution in [0.3, 0.4) is 0 Å². The lowest BCUT2D eigenvalue weighted by Crippen LogP contribution is -3.00. The van der Waals surface area contributed by atoms with Crippen LogP contribution in [-0.2, 0) is 0 Å². The van der Waals surface area contributed by atoms with E-state index in [9.17, 15) is 14.7 Å². The molecule has 4 N–H and O–H groups in total. The Balaban J connectivity index is 0.00000306. The number of anilines is 1. The van der Waals surface area contributed by atoms with Gasteiger partial charge in [0.05, 0.1) is 22.3 Å². The summed E-state index contributed by atoms with van der Waals surface area (Å²) in [7, 11) is 0. The van der Waals surface area contributed by atoms with Gasteiger partial charge in [-0.05, 0) is 42.7 Å². The second-order valence-corrected chi connectivity index (χ2v) is 9.80. The molecule has 0 bridgehead atoms. The number of quaternary nitrogens is 1. The maximum Gasteiger partial charge on any atom is 0.348 e. The number of hydrogen-bond acceptors (Lipinski definition) is 3. The van der Waals surface area contributed by atoms with Gasteiger partial charge in [0.15, 0.2) is 0 Å². The standard InChI is InChI=1S/C24H22Cl2N2O3S.ClH/c25-15-10-11-16(17(26)12-15)23(29)28(19-9-5-4-8-18(19)27)20-13-21(32-22(20)24(30)31)14-6-2-1-3-7-14;/h1-3,6-7,10-13,18-19H,4-5,8-9,27H2,(H,30,31);1H. The zero-order valence-corrected chi connectivity index (χ0v) is 20.7. The Morgan fingerprint density at radius 1 is 1.03 bits per heavy atom. The lowest BCUT2D eigenvalue weighted by Gasteiger charge is -2.36. The van der Waals surface area contributed by atoms with Crippen molar-refractivity contribution in [3.8, 4) is 10.4 Å². The molecule has 174 valence electrons. The summed E-state index contributed by atoms with van der Waals surface area (Å²) < 4.78 is 0. The SMILES string of the molecule is [Cl-].[NH3+]C1CCCCC1N(C(=O)c1ccc(Cl)cc1Cl)c1cc(-c2ccccc2)sc1C(=O)O. The fraction of sp³-hybridized carbons (Fsp3) is 0.250. The molecule has 4 rings (SSSR count). The van der Waals surface area contributed by atoms with Crippen LogP contribution in [0.15, 0.2) is 54.6 Å². The van der Waals surface area contributed by atoms with E-state index in [1.54, 1.807) is 23.1 Å². The minimum atomic E-state index is -1.07. The number of benzene rings is 2. The number of hydrogen-bond donors (Lipinski definition) is 2. The third kappa shape index (κ3) is 5.36. The van der Waals surface area contributed by atoms with Crippen LogP contribution in [0.5, 0.6) is 0 Å². The summed E-state index contributed by atoms with van der Waals surface area (Å²) in [5, 5.41) is 10.7. The number of aromatic carboxylic acids is 1. The molecule has 1 aliphatic rings. The molecule has 1 saturated carbocycles. The molecule has 1 amide bonds. The quantitative estimate of drug-likeness (QED) is 0.537. The van der Waals surface area contributed by atoms with Crippen molar-refractivity contribution in [2.24, 2.45) is 0 Å². The van der Waals surface area contributed by atoms with Gasteiger partial charge >= 0.3 is 5.97 Å². The zero-order valence-electron chi connectivity index (χ0n) is 17.6. The predicted molar refractivity (Wildman–Crippen MR) is 129 cm³/mol. The van der Waals surface area contributed by atoms with Gasteiger partial charge in [0.2, 0.25) is 0 Å². The average molecular weight is 526 g/mol. The van der Waals surface area contributed by atoms with Crippen LogP contribution in [-0.4, -0.2) is 29.1 Å². The van der Waals surface area contributed by atoms with Crippen molar-refractivity contribution in [3.05, 3.63) is 75.1 Å². The van der Waals surface area contributed by atoms with Gasteiger partial charge in [-0.1, -0.05) is 60.0 Å². The fourth-order valence-corrected chi connectivity index (χ4v) is 5.70. The number of carboxylic acids is 1. The van der Waals surface area contributed by atoms with Gasteiger partial charge in [-0.25, -0.2) is 4.79 Å². The Kier molecular flexibility index (Phi) is 8.43. The van der Waals surface area contributed by atoms with Crippen LogP contribution in [0.25, 0.3) is 10.4 Å². The number of carbonyl (C=O) groups is 2. The van der Waals surface area contributed by atoms with Crippen LogP contribution in [0.4, 0.5) is 5.69 Å². The van der Waals surface area contributed by atoms with E-state index >= 15 is 0 Å². The minimum Gasteiger partial charge on any atom is -1.00 e. The van der Waals surface area contributed by atoms with Gasteiger partial charge in [-0.2, -0.15) is 0 Å². The molecular formula is C24H23Cl3N2O3S. The molecule has 2 unspecified atom stereocenters. The van der Waals surface area contributed by atoms with E-state index in [0.29, 0.717) is 10.7 Å². The molecule has 1 aliphatic carbocycles. The highest BCUT2D eigenvalue weighted by molar-refractivity contribution is 7.18. The molecule has 1 fully saturated rings. The van der Waals surface area contributed by atoms with Crippen LogP contribution >= 0.6 is 34.5 Å². The molecule has 33 heavy (non-hydrogen) atoms. The van der Waals surface area contributed by atoms with Gasteiger partial charge in [-0.3, -0.25) is 9.69 Å². The summed E-state index contributed by atoms with van der Waals surface area (Å²) in [4.78, 5) is 28.6. The van der Waals surface area contributed by atoms with Crippen molar-refractivity contribution in [2.45, 2.75) is 37.8 Å². The first-order valence-corrected chi connectivity index (χ1v) is 12.0. The molecule has 1 aromatic heterocycles. The lowest BCUT2D eigenvalue weighted by atomic mass is 9.89. The van der Waals surface area contributed by atoms with Crippen molar-refractivity contribution in [1.82, 2.24) is 0 Å². The van der Waals surface area contributed by atoms with Crippen molar-refractivity contribution in [1.29, 1.82) is 0 Å². The molecule has 3 aromatic rings. The van der Waals surface area contributed by atoms with E-state index in [-0.39, 0.29) is 45.9 Å². The number of nitrogens with zero attached hydrogens (tertiary/aromatic N) is 1. The van der Waals surface area contributed by atoms with Crippen LogP contribution in [0, 0.1) is 0 Å². The van der Waals surface area contributed by atoms with Crippen LogP contribution in [0.2, 0.25) is 10.0 Å². The highest BCUT2D eigenvalue weighted by atomic mass is 35.5. The zero-order chi connectivity index (χ0) is 22.8. The first-order chi connectivity index (χ1) is 15.4. The van der Waals surface area contributed by atoms with Crippen molar-refractivity contribution < 1.29 is 32.8 Å². The number of thiophene rings is 1. The maximum atomic E-state index is 13.8. The van der Waals surface area contributed by atoms with Crippen molar-refractivity contribution in [3.63, 3.8) is 0 Å². The number of halogens is 3. The summed E-state index contributed by atoms with van der Waals surface area (Å²) in [6, 6.07) is 15.8. The van der Waals surface area contributed by atoms with Gasteiger partial charge in [0.25, 0.3) is 5.91 Å². The monoisotopic (exact) mass is 524 g/mol. The Bertz CT molecular complexity index is 1150. The molecule has 9 heteroatoms. The van der Waals surface area contributed by atoms with E-state index < -0.39 is 5.97 Å². The van der Waals surface area contributed by atoms with Gasteiger partial charge < -0.3 is 23.2 Å². The van der Waals surface area contributed by atoms with Crippen LogP contribution in [0.1, 0.15) is 45.7 Å². The van der Waals surface area contributed by atoms with E-state index in [1.165, 1.54) is 17.4 Å². The second-order valence-electron chi connectivity index (χ2n) is 7.91. The number of rotatable bonds is 5. The third-order valence-electron chi connectivity index (χ3n) is 5.81. The first-order valence-electron chi connectivity index (χ1n) is 10.4. The topological polar surface area (TPSA) is 85.3 Å². The Morgan fingerprint density at radius 3 is 2.36 bits per heavy atom. The molecule has 1 heterocycles. The molecule has 0 aliphatic heterocycles. The normalized spacial score (nSPS) is 17.8. The van der Waals surface area contributed by atoms with Crippen molar-refractivity contribution >= 4 is 52.1 Å². The van der Waals surface area contributed by atoms with Crippen molar-refractivity contribution in [2.75, 3.05) is 4.90 Å². The Hall–Kier alpha value is -2.09. The van der Waals surface area contributed by atoms with Crippen LogP contribution < -0.4 is 23.0 Å². The van der Waals surface area contributed by atoms with E-state index in [4.69, 9.17) is 23.2 Å². The molecule has 0 radical (unpaired) electrons. The summed E-state index contributed by atoms with van der Waals surface area (Å²) in [5.41, 5.74) is 5.86. The maximum absolute atomic E-state index is 13.8. The van der Waals surface area contributed by atoms with Gasteiger partial charge in [0.1, 0.15) is 10.9 Å². The summed E-state index contributed by atoms with van der Waals surface area (Å²) in [6.45, 7) is 0. The molecule has 0 saturated heterocycles. The molecule has 2 aromatic carbocycles. The van der Waals surface area contributed by atoms with Gasteiger partial charge in [-0.15, -0.1) is 11.3 Å². The highest BCUT2D eigenvalue weighted by Gasteiger charge is 2.38. The Labute approximate surface area is 212 Å². The third-order valence-corrected chi connectivity index (χ3v) is 7.51. The fourth-order valence-electron chi connectivity index (χ4n) is 4.22. The van der Waals surface area contributed by atoms with E-state index in [0.717, 1.165) is 36.1 Å². The number of amides is 1.